The molecule has 0 radical (unpaired) electrons. The highest BCUT2D eigenvalue weighted by Gasteiger charge is 1.88. The zero-order valence-electron chi connectivity index (χ0n) is 4.11. The van der Waals surface area contributed by atoms with Gasteiger partial charge in [0.15, 0.2) is 4.96 Å². The van der Waals surface area contributed by atoms with Crippen LogP contribution >= 0.6 is 11.3 Å². The summed E-state index contributed by atoms with van der Waals surface area (Å²) >= 11 is 1.65. The fourth-order valence-corrected chi connectivity index (χ4v) is 1.34. The van der Waals surface area contributed by atoms with Crippen LogP contribution in [0.4, 0.5) is 0 Å². The molecule has 40 valence electrons. The van der Waals surface area contributed by atoms with E-state index in [1.54, 1.807) is 17.5 Å². The standard InChI is InChI=1S/C5H4N2S/c1-2-7-3-4-8-5(7)6-1/h1-4H. The summed E-state index contributed by atoms with van der Waals surface area (Å²) in [6.07, 6.45) is 5.73. The molecule has 0 bridgehead atoms. The molecule has 0 aliphatic rings. The Labute approximate surface area is 50.4 Å². The van der Waals surface area contributed by atoms with E-state index < -0.39 is 0 Å². The minimum atomic E-state index is 1.06. The van der Waals surface area contributed by atoms with Crippen LogP contribution < -0.4 is 0 Å². The molecule has 0 N–H and O–H groups in total. The predicted molar refractivity (Wildman–Crippen MR) is 33.1 cm³/mol. The second-order valence-corrected chi connectivity index (χ2v) is 2.39. The number of thiazole rings is 1. The Morgan fingerprint density at radius 2 is 2.50 bits per heavy atom. The molecule has 2 rings (SSSR count). The molecule has 0 spiro atoms. The minimum absolute atomic E-state index is 1.06. The van der Waals surface area contributed by atoms with Crippen LogP contribution in [0.15, 0.2) is 24.0 Å². The Morgan fingerprint density at radius 3 is 3.38 bits per heavy atom. The lowest BCUT2D eigenvalue weighted by Crippen LogP contribution is -1.66. The van der Waals surface area contributed by atoms with E-state index in [1.165, 1.54) is 0 Å². The van der Waals surface area contributed by atoms with Crippen LogP contribution in [0.5, 0.6) is 0 Å². The molecule has 0 aliphatic carbocycles. The van der Waals surface area contributed by atoms with Crippen LogP contribution in [0.2, 0.25) is 0 Å². The Balaban J connectivity index is 3.06. The summed E-state index contributed by atoms with van der Waals surface area (Å²) in [6, 6.07) is 0. The highest BCUT2D eigenvalue weighted by molar-refractivity contribution is 7.15. The lowest BCUT2D eigenvalue weighted by Gasteiger charge is -1.71. The van der Waals surface area contributed by atoms with Gasteiger partial charge in [-0.2, -0.15) is 0 Å². The van der Waals surface area contributed by atoms with Gasteiger partial charge in [0.1, 0.15) is 0 Å². The molecule has 2 aromatic rings. The number of imidazole rings is 1. The topological polar surface area (TPSA) is 17.3 Å². The van der Waals surface area contributed by atoms with E-state index in [0.29, 0.717) is 0 Å². The number of hydrogen-bond acceptors (Lipinski definition) is 2. The maximum absolute atomic E-state index is 4.06. The summed E-state index contributed by atoms with van der Waals surface area (Å²) < 4.78 is 1.99. The molecule has 0 aliphatic heterocycles. The van der Waals surface area contributed by atoms with Crippen LogP contribution in [0, 0.1) is 0 Å². The summed E-state index contributed by atoms with van der Waals surface area (Å²) in [6.45, 7) is 0. The van der Waals surface area contributed by atoms with Crippen molar-refractivity contribution in [3.8, 4) is 0 Å². The number of aromatic nitrogens is 2. The molecule has 0 unspecified atom stereocenters. The van der Waals surface area contributed by atoms with Gasteiger partial charge in [0.25, 0.3) is 0 Å². The number of rotatable bonds is 0. The Morgan fingerprint density at radius 1 is 1.50 bits per heavy atom. The molecule has 0 saturated carbocycles. The molecule has 0 aromatic carbocycles. The minimum Gasteiger partial charge on any atom is -0.298 e. The molecular weight excluding hydrogens is 120 g/mol. The number of fused-ring (bicyclic) bond motifs is 1. The van der Waals surface area contributed by atoms with Crippen molar-refractivity contribution < 1.29 is 0 Å². The SMILES string of the molecule is c1cn2ccsc2n1. The molecule has 2 aromatic heterocycles. The van der Waals surface area contributed by atoms with Crippen molar-refractivity contribution in [1.29, 1.82) is 0 Å². The highest BCUT2D eigenvalue weighted by atomic mass is 32.1. The van der Waals surface area contributed by atoms with E-state index in [1.807, 2.05) is 22.2 Å². The first-order valence-corrected chi connectivity index (χ1v) is 3.21. The third-order valence-corrected chi connectivity index (χ3v) is 1.81. The number of nitrogens with zero attached hydrogens (tertiary/aromatic N) is 2. The Kier molecular flexibility index (Phi) is 0.676. The van der Waals surface area contributed by atoms with Crippen molar-refractivity contribution in [2.45, 2.75) is 0 Å². The van der Waals surface area contributed by atoms with Gasteiger partial charge in [-0.05, 0) is 0 Å². The van der Waals surface area contributed by atoms with Gasteiger partial charge in [0, 0.05) is 24.0 Å². The lowest BCUT2D eigenvalue weighted by atomic mass is 10.9. The van der Waals surface area contributed by atoms with Gasteiger partial charge in [-0.25, -0.2) is 4.98 Å². The molecule has 8 heavy (non-hydrogen) atoms. The summed E-state index contributed by atoms with van der Waals surface area (Å²) in [7, 11) is 0. The molecule has 2 nitrogen and oxygen atoms in total. The highest BCUT2D eigenvalue weighted by Crippen LogP contribution is 2.06. The zero-order chi connectivity index (χ0) is 5.40. The third kappa shape index (κ3) is 0.391. The first-order chi connectivity index (χ1) is 3.97. The zero-order valence-corrected chi connectivity index (χ0v) is 4.93. The summed E-state index contributed by atoms with van der Waals surface area (Å²) in [4.78, 5) is 5.12. The van der Waals surface area contributed by atoms with Crippen molar-refractivity contribution in [2.75, 3.05) is 0 Å². The summed E-state index contributed by atoms with van der Waals surface area (Å²) in [5.41, 5.74) is 0. The van der Waals surface area contributed by atoms with Gasteiger partial charge in [-0.1, -0.05) is 0 Å². The normalized spacial score (nSPS) is 10.5. The Hall–Kier alpha value is -0.830. The van der Waals surface area contributed by atoms with Crippen molar-refractivity contribution in [3.05, 3.63) is 24.0 Å². The van der Waals surface area contributed by atoms with Crippen molar-refractivity contribution in [1.82, 2.24) is 9.38 Å². The second-order valence-electron chi connectivity index (χ2n) is 1.52. The first kappa shape index (κ1) is 4.09. The molecule has 0 atom stereocenters. The van der Waals surface area contributed by atoms with E-state index in [0.717, 1.165) is 4.96 Å². The van der Waals surface area contributed by atoms with Crippen LogP contribution in [-0.4, -0.2) is 9.38 Å². The largest absolute Gasteiger partial charge is 0.298 e. The van der Waals surface area contributed by atoms with E-state index >= 15 is 0 Å². The second kappa shape index (κ2) is 1.32. The van der Waals surface area contributed by atoms with Gasteiger partial charge in [-0.15, -0.1) is 11.3 Å². The molecule has 0 fully saturated rings. The smallest absolute Gasteiger partial charge is 0.193 e. The summed E-state index contributed by atoms with van der Waals surface area (Å²) in [5.74, 6) is 0. The maximum Gasteiger partial charge on any atom is 0.193 e. The fraction of sp³-hybridized carbons (Fsp3) is 0. The maximum atomic E-state index is 4.06. The van der Waals surface area contributed by atoms with Gasteiger partial charge in [0.2, 0.25) is 0 Å². The predicted octanol–water partition coefficient (Wildman–Crippen LogP) is 1.40. The summed E-state index contributed by atoms with van der Waals surface area (Å²) in [5, 5.41) is 2.02. The molecule has 0 saturated heterocycles. The average Bonchev–Trinajstić information content (AvgIpc) is 2.15. The average molecular weight is 124 g/mol. The third-order valence-electron chi connectivity index (χ3n) is 1.03. The van der Waals surface area contributed by atoms with E-state index in [4.69, 9.17) is 0 Å². The Bertz CT molecular complexity index is 232. The molecule has 3 heteroatoms. The van der Waals surface area contributed by atoms with Gasteiger partial charge in [-0.3, -0.25) is 4.40 Å². The molecule has 2 heterocycles. The van der Waals surface area contributed by atoms with Gasteiger partial charge >= 0.3 is 0 Å². The first-order valence-electron chi connectivity index (χ1n) is 2.33. The molecular formula is C5H4N2S. The van der Waals surface area contributed by atoms with Crippen molar-refractivity contribution in [3.63, 3.8) is 0 Å². The van der Waals surface area contributed by atoms with Gasteiger partial charge < -0.3 is 0 Å². The lowest BCUT2D eigenvalue weighted by molar-refractivity contribution is 1.23. The van der Waals surface area contributed by atoms with E-state index in [9.17, 15) is 0 Å². The monoisotopic (exact) mass is 124 g/mol. The quantitative estimate of drug-likeness (QED) is 0.519. The number of hydrogen-bond donors (Lipinski definition) is 0. The van der Waals surface area contributed by atoms with E-state index in [-0.39, 0.29) is 0 Å². The van der Waals surface area contributed by atoms with Crippen LogP contribution in [0.25, 0.3) is 4.96 Å². The van der Waals surface area contributed by atoms with Crippen molar-refractivity contribution in [2.24, 2.45) is 0 Å². The van der Waals surface area contributed by atoms with Crippen molar-refractivity contribution >= 4 is 16.3 Å². The molecule has 0 amide bonds. The van der Waals surface area contributed by atoms with Crippen LogP contribution in [-0.2, 0) is 0 Å². The van der Waals surface area contributed by atoms with Crippen LogP contribution in [0.3, 0.4) is 0 Å². The van der Waals surface area contributed by atoms with E-state index in [2.05, 4.69) is 4.98 Å². The van der Waals surface area contributed by atoms with Gasteiger partial charge in [0.05, 0.1) is 0 Å². The van der Waals surface area contributed by atoms with Crippen LogP contribution in [0.1, 0.15) is 0 Å². The fourth-order valence-electron chi connectivity index (χ4n) is 0.661.